The van der Waals surface area contributed by atoms with Crippen LogP contribution in [0, 0.1) is 0 Å². The molecule has 0 aliphatic heterocycles. The Kier molecular flexibility index (Phi) is 18.6. The van der Waals surface area contributed by atoms with Crippen molar-refractivity contribution in [2.24, 2.45) is 0 Å². The Balaban J connectivity index is -0.000000845. The topological polar surface area (TPSA) is 40.1 Å². The van der Waals surface area contributed by atoms with E-state index in [1.807, 2.05) is 0 Å². The molecule has 0 aliphatic carbocycles. The zero-order valence-corrected chi connectivity index (χ0v) is 9.39. The molecule has 2 nitrogen and oxygen atoms in total. The van der Waals surface area contributed by atoms with Crippen molar-refractivity contribution < 1.29 is 11.3 Å². The molecule has 0 N–H and O–H groups in total. The Morgan fingerprint density at radius 2 is 1.33 bits per heavy atom. The minimum absolute atomic E-state index is 0. The van der Waals surface area contributed by atoms with Crippen LogP contribution in [-0.4, -0.2) is 57.4 Å². The fourth-order valence-electron chi connectivity index (χ4n) is 1.58. The molecule has 0 saturated carbocycles. The first-order valence-corrected chi connectivity index (χ1v) is 5.97. The number of aliphatic carboxylic acids is 1. The molecule has 0 atom stereocenters. The van der Waals surface area contributed by atoms with Crippen molar-refractivity contribution in [3.8, 4) is 0 Å². The third-order valence-electron chi connectivity index (χ3n) is 2.48. The third-order valence-corrected chi connectivity index (χ3v) is 2.48. The molecule has 0 unspecified atom stereocenters. The SMILES string of the molecule is CCCCCCCCCCCC(=O)[O-].[H+].[KH]. The van der Waals surface area contributed by atoms with Crippen LogP contribution in [0.25, 0.3) is 0 Å². The number of carbonyl (C=O) groups excluding carboxylic acids is 1. The zero-order chi connectivity index (χ0) is 10.6. The van der Waals surface area contributed by atoms with Crippen molar-refractivity contribution in [1.29, 1.82) is 0 Å². The van der Waals surface area contributed by atoms with Gasteiger partial charge in [-0.25, -0.2) is 0 Å². The van der Waals surface area contributed by atoms with Crippen LogP contribution in [0.15, 0.2) is 0 Å². The first-order chi connectivity index (χ1) is 6.77. The maximum absolute atomic E-state index is 10.1. The standard InChI is InChI=1S/C12H24O2.K.H/c1-2-3-4-5-6-7-8-9-10-11-12(13)14;;/h2-11H2,1H3,(H,13,14);;. The summed E-state index contributed by atoms with van der Waals surface area (Å²) >= 11 is 0. The molecule has 0 aromatic heterocycles. The van der Waals surface area contributed by atoms with Gasteiger partial charge in [0.05, 0.1) is 0 Å². The van der Waals surface area contributed by atoms with Crippen LogP contribution in [0.4, 0.5) is 0 Å². The second-order valence-electron chi connectivity index (χ2n) is 3.95. The molecular formula is C12H25KO2. The van der Waals surface area contributed by atoms with Gasteiger partial charge in [-0.2, -0.15) is 0 Å². The van der Waals surface area contributed by atoms with E-state index in [0.29, 0.717) is 0 Å². The number of rotatable bonds is 10. The van der Waals surface area contributed by atoms with E-state index < -0.39 is 5.97 Å². The molecule has 0 heterocycles. The molecule has 0 saturated heterocycles. The maximum atomic E-state index is 10.1. The average molecular weight is 240 g/mol. The number of carbonyl (C=O) groups is 1. The van der Waals surface area contributed by atoms with Gasteiger partial charge in [0.15, 0.2) is 0 Å². The first kappa shape index (κ1) is 18.5. The predicted molar refractivity (Wildman–Crippen MR) is 65.1 cm³/mol. The van der Waals surface area contributed by atoms with Gasteiger partial charge >= 0.3 is 52.8 Å². The second kappa shape index (κ2) is 15.1. The molecule has 0 fully saturated rings. The van der Waals surface area contributed by atoms with Crippen molar-refractivity contribution in [2.75, 3.05) is 0 Å². The summed E-state index contributed by atoms with van der Waals surface area (Å²) in [5.41, 5.74) is 0. The quantitative estimate of drug-likeness (QED) is 0.433. The van der Waals surface area contributed by atoms with E-state index in [-0.39, 0.29) is 59.2 Å². The minimum atomic E-state index is -0.909. The molecule has 86 valence electrons. The number of carboxylic acid groups (broad SMARTS) is 1. The Labute approximate surface area is 138 Å². The van der Waals surface area contributed by atoms with Crippen molar-refractivity contribution in [3.63, 3.8) is 0 Å². The fraction of sp³-hybridized carbons (Fsp3) is 0.917. The van der Waals surface area contributed by atoms with Gasteiger partial charge in [0.2, 0.25) is 0 Å². The van der Waals surface area contributed by atoms with E-state index in [0.717, 1.165) is 12.8 Å². The predicted octanol–water partition coefficient (Wildman–Crippen LogP) is 2.12. The molecule has 15 heavy (non-hydrogen) atoms. The number of unbranched alkanes of at least 4 members (excludes halogenated alkanes) is 8. The number of hydrogen-bond donors (Lipinski definition) is 0. The monoisotopic (exact) mass is 240 g/mol. The van der Waals surface area contributed by atoms with Gasteiger partial charge in [0.25, 0.3) is 0 Å². The van der Waals surface area contributed by atoms with Crippen molar-refractivity contribution in [1.82, 2.24) is 0 Å². The molecule has 0 bridgehead atoms. The van der Waals surface area contributed by atoms with E-state index in [9.17, 15) is 9.90 Å². The Morgan fingerprint density at radius 3 is 1.73 bits per heavy atom. The molecule has 0 rings (SSSR count). The molecule has 0 radical (unpaired) electrons. The first-order valence-electron chi connectivity index (χ1n) is 5.97. The van der Waals surface area contributed by atoms with Crippen LogP contribution in [0.2, 0.25) is 0 Å². The van der Waals surface area contributed by atoms with Crippen LogP contribution < -0.4 is 5.11 Å². The van der Waals surface area contributed by atoms with Gasteiger partial charge in [-0.05, 0) is 12.8 Å². The summed E-state index contributed by atoms with van der Waals surface area (Å²) in [7, 11) is 0. The van der Waals surface area contributed by atoms with Gasteiger partial charge in [0.1, 0.15) is 0 Å². The summed E-state index contributed by atoms with van der Waals surface area (Å²) in [4.78, 5) is 10.1. The van der Waals surface area contributed by atoms with Gasteiger partial charge in [-0.3, -0.25) is 0 Å². The van der Waals surface area contributed by atoms with Gasteiger partial charge < -0.3 is 9.90 Å². The third kappa shape index (κ3) is 17.7. The van der Waals surface area contributed by atoms with Gasteiger partial charge in [-0.15, -0.1) is 0 Å². The molecule has 0 aromatic rings. The van der Waals surface area contributed by atoms with Crippen LogP contribution in [-0.2, 0) is 4.79 Å². The molecule has 3 heteroatoms. The summed E-state index contributed by atoms with van der Waals surface area (Å²) in [6.07, 6.45) is 11.2. The Hall–Kier alpha value is 1.11. The molecular weight excluding hydrogens is 215 g/mol. The Bertz CT molecular complexity index is 143. The van der Waals surface area contributed by atoms with Crippen molar-refractivity contribution in [3.05, 3.63) is 0 Å². The van der Waals surface area contributed by atoms with Gasteiger partial charge in [0, 0.05) is 5.97 Å². The summed E-state index contributed by atoms with van der Waals surface area (Å²) in [6, 6.07) is 0. The molecule has 0 amide bonds. The molecule has 0 aromatic carbocycles. The average Bonchev–Trinajstić information content (AvgIpc) is 2.15. The summed E-state index contributed by atoms with van der Waals surface area (Å²) < 4.78 is 0. The van der Waals surface area contributed by atoms with E-state index >= 15 is 0 Å². The van der Waals surface area contributed by atoms with E-state index in [1.165, 1.54) is 44.9 Å². The molecule has 0 aliphatic rings. The van der Waals surface area contributed by atoms with E-state index in [1.54, 1.807) is 0 Å². The Morgan fingerprint density at radius 1 is 0.933 bits per heavy atom. The van der Waals surface area contributed by atoms with Gasteiger partial charge in [-0.1, -0.05) is 58.3 Å². The van der Waals surface area contributed by atoms with Crippen LogP contribution in [0.1, 0.15) is 72.6 Å². The second-order valence-corrected chi connectivity index (χ2v) is 3.95. The summed E-state index contributed by atoms with van der Waals surface area (Å²) in [5.74, 6) is -0.909. The van der Waals surface area contributed by atoms with Crippen molar-refractivity contribution >= 4 is 57.4 Å². The van der Waals surface area contributed by atoms with E-state index in [2.05, 4.69) is 6.92 Å². The van der Waals surface area contributed by atoms with Crippen LogP contribution in [0.3, 0.4) is 0 Å². The number of carboxylic acids is 1. The van der Waals surface area contributed by atoms with Crippen LogP contribution >= 0.6 is 0 Å². The van der Waals surface area contributed by atoms with Crippen LogP contribution in [0.5, 0.6) is 0 Å². The van der Waals surface area contributed by atoms with E-state index in [4.69, 9.17) is 0 Å². The number of hydrogen-bond acceptors (Lipinski definition) is 2. The molecule has 0 spiro atoms. The van der Waals surface area contributed by atoms with Crippen molar-refractivity contribution in [2.45, 2.75) is 71.1 Å². The zero-order valence-electron chi connectivity index (χ0n) is 10.4. The summed E-state index contributed by atoms with van der Waals surface area (Å²) in [6.45, 7) is 2.22. The fourth-order valence-corrected chi connectivity index (χ4v) is 1.58. The normalized spacial score (nSPS) is 9.67. The summed E-state index contributed by atoms with van der Waals surface area (Å²) in [5, 5.41) is 10.1.